The number of benzene rings is 1. The van der Waals surface area contributed by atoms with Gasteiger partial charge in [0.25, 0.3) is 5.91 Å². The second-order valence-corrected chi connectivity index (χ2v) is 7.61. The fourth-order valence-corrected chi connectivity index (χ4v) is 3.65. The first-order chi connectivity index (χ1) is 15.6. The van der Waals surface area contributed by atoms with E-state index in [1.807, 2.05) is 0 Å². The number of nitrogens with one attached hydrogen (secondary N) is 2. The van der Waals surface area contributed by atoms with Crippen LogP contribution in [0.3, 0.4) is 0 Å². The van der Waals surface area contributed by atoms with Gasteiger partial charge in [0.05, 0.1) is 22.9 Å². The molecule has 3 aromatic rings. The molecule has 176 valence electrons. The van der Waals surface area contributed by atoms with Crippen LogP contribution in [0, 0.1) is 17.5 Å². The molecule has 2 aromatic heterocycles. The van der Waals surface area contributed by atoms with Gasteiger partial charge in [0.15, 0.2) is 23.3 Å². The van der Waals surface area contributed by atoms with Gasteiger partial charge in [0.1, 0.15) is 6.61 Å². The van der Waals surface area contributed by atoms with Crippen LogP contribution in [0.1, 0.15) is 23.2 Å². The van der Waals surface area contributed by atoms with Gasteiger partial charge in [-0.25, -0.2) is 18.2 Å². The van der Waals surface area contributed by atoms with E-state index in [9.17, 15) is 31.1 Å². The Bertz CT molecular complexity index is 1170. The van der Waals surface area contributed by atoms with E-state index in [-0.39, 0.29) is 53.9 Å². The van der Waals surface area contributed by atoms with E-state index >= 15 is 0 Å². The monoisotopic (exact) mass is 472 g/mol. The third-order valence-corrected chi connectivity index (χ3v) is 5.28. The Kier molecular flexibility index (Phi) is 6.19. The van der Waals surface area contributed by atoms with Crippen molar-refractivity contribution in [3.63, 3.8) is 0 Å². The Morgan fingerprint density at radius 1 is 1.12 bits per heavy atom. The number of aromatic amines is 1. The van der Waals surface area contributed by atoms with Crippen molar-refractivity contribution in [3.05, 3.63) is 53.6 Å². The van der Waals surface area contributed by atoms with Crippen LogP contribution in [-0.2, 0) is 4.74 Å². The van der Waals surface area contributed by atoms with Crippen LogP contribution < -0.4 is 10.2 Å². The van der Waals surface area contributed by atoms with Crippen molar-refractivity contribution >= 4 is 28.3 Å². The van der Waals surface area contributed by atoms with Crippen molar-refractivity contribution < 1.29 is 35.9 Å². The van der Waals surface area contributed by atoms with E-state index in [1.165, 1.54) is 6.20 Å². The third kappa shape index (κ3) is 5.21. The van der Waals surface area contributed by atoms with Crippen molar-refractivity contribution in [2.75, 3.05) is 29.9 Å². The molecule has 12 heteroatoms. The Labute approximate surface area is 183 Å². The number of rotatable bonds is 5. The van der Waals surface area contributed by atoms with E-state index in [1.54, 1.807) is 4.90 Å². The maximum absolute atomic E-state index is 14.7. The molecule has 1 aliphatic rings. The average molecular weight is 472 g/mol. The molecule has 2 N–H and O–H groups in total. The number of fused-ring (bicyclic) bond motifs is 1. The highest BCUT2D eigenvalue weighted by molar-refractivity contribution is 6.08. The number of amides is 1. The summed E-state index contributed by atoms with van der Waals surface area (Å²) in [4.78, 5) is 20.8. The first-order valence-corrected chi connectivity index (χ1v) is 9.97. The maximum Gasteiger partial charge on any atom is 0.411 e. The summed E-state index contributed by atoms with van der Waals surface area (Å²) >= 11 is 0. The largest absolute Gasteiger partial charge is 0.411 e. The number of nitrogens with zero attached hydrogens (tertiary/aromatic N) is 2. The van der Waals surface area contributed by atoms with E-state index in [0.29, 0.717) is 0 Å². The number of hydrogen-bond donors (Lipinski definition) is 2. The molecule has 6 nitrogen and oxygen atoms in total. The van der Waals surface area contributed by atoms with Crippen LogP contribution in [0.25, 0.3) is 10.9 Å². The molecule has 0 radical (unpaired) electrons. The van der Waals surface area contributed by atoms with Crippen molar-refractivity contribution in [3.8, 4) is 0 Å². The van der Waals surface area contributed by atoms with Crippen LogP contribution >= 0.6 is 0 Å². The second-order valence-electron chi connectivity index (χ2n) is 7.61. The predicted molar refractivity (Wildman–Crippen MR) is 108 cm³/mol. The van der Waals surface area contributed by atoms with E-state index in [2.05, 4.69) is 15.3 Å². The Hall–Kier alpha value is -3.28. The summed E-state index contributed by atoms with van der Waals surface area (Å²) in [5.74, 6) is -3.63. The van der Waals surface area contributed by atoms with Crippen LogP contribution in [0.4, 0.5) is 37.8 Å². The lowest BCUT2D eigenvalue weighted by atomic mass is 10.1. The molecule has 0 spiro atoms. The number of H-pyrrole nitrogens is 1. The lowest BCUT2D eigenvalue weighted by molar-refractivity contribution is -0.186. The third-order valence-electron chi connectivity index (χ3n) is 5.28. The van der Waals surface area contributed by atoms with E-state index < -0.39 is 42.2 Å². The molecule has 0 atom stereocenters. The minimum absolute atomic E-state index is 0.0227. The molecule has 1 fully saturated rings. The summed E-state index contributed by atoms with van der Waals surface area (Å²) in [5, 5.41) is 2.74. The Morgan fingerprint density at radius 3 is 2.48 bits per heavy atom. The van der Waals surface area contributed by atoms with Crippen molar-refractivity contribution in [1.82, 2.24) is 9.97 Å². The molecule has 0 saturated carbocycles. The quantitative estimate of drug-likeness (QED) is 0.525. The molecule has 1 saturated heterocycles. The smallest absolute Gasteiger partial charge is 0.369 e. The topological polar surface area (TPSA) is 70.2 Å². The van der Waals surface area contributed by atoms with Gasteiger partial charge in [-0.1, -0.05) is 0 Å². The van der Waals surface area contributed by atoms with Gasteiger partial charge in [-0.2, -0.15) is 13.2 Å². The highest BCUT2D eigenvalue weighted by atomic mass is 19.4. The van der Waals surface area contributed by atoms with Gasteiger partial charge < -0.3 is 19.9 Å². The number of ether oxygens (including phenoxy) is 1. The van der Waals surface area contributed by atoms with Gasteiger partial charge in [-0.3, -0.25) is 4.79 Å². The summed E-state index contributed by atoms with van der Waals surface area (Å²) in [7, 11) is 0. The molecule has 3 heterocycles. The number of alkyl halides is 3. The van der Waals surface area contributed by atoms with E-state index in [0.717, 1.165) is 24.4 Å². The van der Waals surface area contributed by atoms with Crippen LogP contribution in [0.2, 0.25) is 0 Å². The SMILES string of the molecule is O=C(Nc1c[nH]c2cc(F)c(F)cc12)c1cnc(N2CCC(OCC(F)(F)F)CC2)c(F)c1. The van der Waals surface area contributed by atoms with E-state index in [4.69, 9.17) is 4.74 Å². The van der Waals surface area contributed by atoms with Crippen molar-refractivity contribution in [2.45, 2.75) is 25.1 Å². The summed E-state index contributed by atoms with van der Waals surface area (Å²) in [6.07, 6.45) is -1.92. The van der Waals surface area contributed by atoms with Crippen LogP contribution in [0.5, 0.6) is 0 Å². The number of piperidine rings is 1. The zero-order valence-corrected chi connectivity index (χ0v) is 17.0. The highest BCUT2D eigenvalue weighted by Gasteiger charge is 2.31. The molecule has 1 amide bonds. The average Bonchev–Trinajstić information content (AvgIpc) is 3.13. The van der Waals surface area contributed by atoms with Gasteiger partial charge >= 0.3 is 6.18 Å². The summed E-state index contributed by atoms with van der Waals surface area (Å²) in [5.41, 5.74) is 0.349. The normalized spacial score (nSPS) is 15.3. The molecule has 0 aliphatic carbocycles. The fraction of sp³-hybridized carbons (Fsp3) is 0.333. The first-order valence-electron chi connectivity index (χ1n) is 9.97. The van der Waals surface area contributed by atoms with Gasteiger partial charge in [0.2, 0.25) is 0 Å². The molecule has 0 unspecified atom stereocenters. The van der Waals surface area contributed by atoms with Crippen LogP contribution in [-0.4, -0.2) is 47.9 Å². The number of carbonyl (C=O) groups excluding carboxylic acids is 1. The number of halogens is 6. The molecular formula is C21H18F6N4O2. The molecule has 0 bridgehead atoms. The Balaban J connectivity index is 1.41. The highest BCUT2D eigenvalue weighted by Crippen LogP contribution is 2.27. The molecule has 1 aliphatic heterocycles. The second kappa shape index (κ2) is 8.93. The first kappa shape index (κ1) is 22.9. The van der Waals surface area contributed by atoms with Crippen LogP contribution in [0.15, 0.2) is 30.6 Å². The predicted octanol–water partition coefficient (Wildman–Crippen LogP) is 4.78. The summed E-state index contributed by atoms with van der Waals surface area (Å²) < 4.78 is 83.2. The minimum atomic E-state index is -4.40. The lowest BCUT2D eigenvalue weighted by Crippen LogP contribution is -2.39. The molecular weight excluding hydrogens is 454 g/mol. The molecule has 4 rings (SSSR count). The van der Waals surface area contributed by atoms with Crippen molar-refractivity contribution in [2.24, 2.45) is 0 Å². The zero-order valence-electron chi connectivity index (χ0n) is 17.0. The Morgan fingerprint density at radius 2 is 1.82 bits per heavy atom. The number of aromatic nitrogens is 2. The number of pyridine rings is 1. The summed E-state index contributed by atoms with van der Waals surface area (Å²) in [6, 6.07) is 2.87. The summed E-state index contributed by atoms with van der Waals surface area (Å²) in [6.45, 7) is -0.836. The number of carbonyl (C=O) groups is 1. The molecule has 1 aromatic carbocycles. The standard InChI is InChI=1S/C21H18F6N4O2/c22-14-6-13-17(7-15(14)23)28-9-18(13)30-20(32)11-5-16(24)19(29-8-11)31-3-1-12(2-4-31)33-10-21(25,26)27/h5-9,12,28H,1-4,10H2,(H,30,32). The maximum atomic E-state index is 14.7. The van der Waals surface area contributed by atoms with Gasteiger partial charge in [-0.05, 0) is 25.0 Å². The number of hydrogen-bond acceptors (Lipinski definition) is 4. The zero-order chi connectivity index (χ0) is 23.8. The minimum Gasteiger partial charge on any atom is -0.369 e. The number of anilines is 2. The van der Waals surface area contributed by atoms with Gasteiger partial charge in [-0.15, -0.1) is 0 Å². The lowest BCUT2D eigenvalue weighted by Gasteiger charge is -2.33. The van der Waals surface area contributed by atoms with Crippen molar-refractivity contribution in [1.29, 1.82) is 0 Å². The van der Waals surface area contributed by atoms with Gasteiger partial charge in [0, 0.05) is 36.9 Å². The molecule has 33 heavy (non-hydrogen) atoms. The fourth-order valence-electron chi connectivity index (χ4n) is 3.65.